The van der Waals surface area contributed by atoms with Crippen LogP contribution in [0.15, 0.2) is 0 Å². The molecule has 0 N–H and O–H groups in total. The van der Waals surface area contributed by atoms with Gasteiger partial charge < -0.3 is 4.90 Å². The van der Waals surface area contributed by atoms with E-state index in [0.717, 1.165) is 35.8 Å². The first-order valence-corrected chi connectivity index (χ1v) is 8.94. The highest BCUT2D eigenvalue weighted by atomic mass is 32.2. The maximum absolute atomic E-state index is 12.9. The number of carbonyl (C=O) groups is 1. The quantitative estimate of drug-likeness (QED) is 0.800. The molecule has 2 fully saturated rings. The molecule has 0 radical (unpaired) electrons. The van der Waals surface area contributed by atoms with Gasteiger partial charge in [0.25, 0.3) is 5.91 Å². The van der Waals surface area contributed by atoms with Gasteiger partial charge in [0, 0.05) is 36.3 Å². The molecule has 1 amide bonds. The standard InChI is InChI=1S/C16H25N3OS/c1-12-14(13(2)18(3)17-12)15(20)19-9-10-21-16(11-19)7-5-4-6-8-16/h4-11H2,1-3H3. The van der Waals surface area contributed by atoms with Gasteiger partial charge in [-0.1, -0.05) is 19.3 Å². The molecular weight excluding hydrogens is 282 g/mol. The Bertz CT molecular complexity index is 540. The van der Waals surface area contributed by atoms with Crippen LogP contribution in [-0.4, -0.2) is 44.2 Å². The summed E-state index contributed by atoms with van der Waals surface area (Å²) in [6, 6.07) is 0. The topological polar surface area (TPSA) is 38.1 Å². The SMILES string of the molecule is Cc1nn(C)c(C)c1C(=O)N1CCSC2(CCCCC2)C1. The highest BCUT2D eigenvalue weighted by Gasteiger charge is 2.39. The van der Waals surface area contributed by atoms with E-state index >= 15 is 0 Å². The summed E-state index contributed by atoms with van der Waals surface area (Å²) in [6.45, 7) is 5.72. The van der Waals surface area contributed by atoms with Crippen LogP contribution in [0.4, 0.5) is 0 Å². The molecule has 5 heteroatoms. The van der Waals surface area contributed by atoms with Crippen molar-refractivity contribution in [2.75, 3.05) is 18.8 Å². The second-order valence-electron chi connectivity index (χ2n) is 6.49. The van der Waals surface area contributed by atoms with Crippen LogP contribution in [-0.2, 0) is 7.05 Å². The van der Waals surface area contributed by atoms with Gasteiger partial charge in [-0.25, -0.2) is 0 Å². The van der Waals surface area contributed by atoms with Gasteiger partial charge in [-0.3, -0.25) is 9.48 Å². The molecule has 0 unspecified atom stereocenters. The van der Waals surface area contributed by atoms with E-state index in [0.29, 0.717) is 4.75 Å². The number of rotatable bonds is 1. The fourth-order valence-corrected chi connectivity index (χ4v) is 5.33. The molecular formula is C16H25N3OS. The van der Waals surface area contributed by atoms with Crippen molar-refractivity contribution < 1.29 is 4.79 Å². The molecule has 21 heavy (non-hydrogen) atoms. The second kappa shape index (κ2) is 5.67. The Morgan fingerprint density at radius 1 is 1.24 bits per heavy atom. The molecule has 0 aromatic carbocycles. The average molecular weight is 307 g/mol. The van der Waals surface area contributed by atoms with Crippen molar-refractivity contribution in [1.29, 1.82) is 0 Å². The van der Waals surface area contributed by atoms with E-state index in [-0.39, 0.29) is 5.91 Å². The van der Waals surface area contributed by atoms with Crippen LogP contribution in [0.5, 0.6) is 0 Å². The summed E-state index contributed by atoms with van der Waals surface area (Å²) in [5.41, 5.74) is 2.65. The lowest BCUT2D eigenvalue weighted by atomic mass is 9.87. The Kier molecular flexibility index (Phi) is 4.04. The van der Waals surface area contributed by atoms with Crippen LogP contribution in [0.1, 0.15) is 53.8 Å². The van der Waals surface area contributed by atoms with Crippen LogP contribution in [0.3, 0.4) is 0 Å². The van der Waals surface area contributed by atoms with E-state index in [1.807, 2.05) is 25.6 Å². The lowest BCUT2D eigenvalue weighted by Gasteiger charge is -2.44. The summed E-state index contributed by atoms with van der Waals surface area (Å²) in [6.07, 6.45) is 6.54. The Morgan fingerprint density at radius 2 is 1.95 bits per heavy atom. The van der Waals surface area contributed by atoms with E-state index in [2.05, 4.69) is 21.8 Å². The molecule has 3 rings (SSSR count). The van der Waals surface area contributed by atoms with Crippen molar-refractivity contribution in [3.63, 3.8) is 0 Å². The van der Waals surface area contributed by atoms with Gasteiger partial charge in [-0.2, -0.15) is 16.9 Å². The summed E-state index contributed by atoms with van der Waals surface area (Å²) < 4.78 is 2.15. The van der Waals surface area contributed by atoms with Gasteiger partial charge in [0.15, 0.2) is 0 Å². The Balaban J connectivity index is 1.81. The number of hydrogen-bond donors (Lipinski definition) is 0. The number of thioether (sulfide) groups is 1. The van der Waals surface area contributed by atoms with Crippen molar-refractivity contribution in [3.05, 3.63) is 17.0 Å². The molecule has 1 aromatic heterocycles. The number of amides is 1. The molecule has 1 aliphatic heterocycles. The largest absolute Gasteiger partial charge is 0.336 e. The summed E-state index contributed by atoms with van der Waals surface area (Å²) in [7, 11) is 1.91. The van der Waals surface area contributed by atoms with Gasteiger partial charge in [0.2, 0.25) is 0 Å². The third kappa shape index (κ3) is 2.72. The predicted octanol–water partition coefficient (Wildman–Crippen LogP) is 2.93. The zero-order valence-corrected chi connectivity index (χ0v) is 14.1. The third-order valence-corrected chi connectivity index (χ3v) is 6.56. The van der Waals surface area contributed by atoms with Crippen molar-refractivity contribution >= 4 is 17.7 Å². The van der Waals surface area contributed by atoms with Crippen molar-refractivity contribution in [1.82, 2.24) is 14.7 Å². The summed E-state index contributed by atoms with van der Waals surface area (Å²) in [4.78, 5) is 15.0. The van der Waals surface area contributed by atoms with Crippen LogP contribution >= 0.6 is 11.8 Å². The second-order valence-corrected chi connectivity index (χ2v) is 8.05. The number of nitrogens with zero attached hydrogens (tertiary/aromatic N) is 3. The number of aryl methyl sites for hydroxylation is 2. The molecule has 1 aliphatic carbocycles. The fourth-order valence-electron chi connectivity index (χ4n) is 3.76. The van der Waals surface area contributed by atoms with Crippen LogP contribution in [0.2, 0.25) is 0 Å². The Labute approximate surface area is 131 Å². The molecule has 0 atom stereocenters. The summed E-state index contributed by atoms with van der Waals surface area (Å²) in [5, 5.41) is 4.39. The van der Waals surface area contributed by atoms with Crippen LogP contribution in [0, 0.1) is 13.8 Å². The number of carbonyl (C=O) groups excluding carboxylic acids is 1. The number of aromatic nitrogens is 2. The lowest BCUT2D eigenvalue weighted by Crippen LogP contribution is -2.50. The molecule has 1 saturated carbocycles. The zero-order chi connectivity index (χ0) is 15.0. The van der Waals surface area contributed by atoms with Crippen LogP contribution in [0.25, 0.3) is 0 Å². The molecule has 2 aliphatic rings. The van der Waals surface area contributed by atoms with Gasteiger partial charge in [0.05, 0.1) is 11.3 Å². The van der Waals surface area contributed by atoms with E-state index in [4.69, 9.17) is 0 Å². The van der Waals surface area contributed by atoms with Gasteiger partial charge in [-0.05, 0) is 26.7 Å². The molecule has 4 nitrogen and oxygen atoms in total. The van der Waals surface area contributed by atoms with E-state index in [1.165, 1.54) is 32.1 Å². The van der Waals surface area contributed by atoms with Crippen LogP contribution < -0.4 is 0 Å². The van der Waals surface area contributed by atoms with E-state index in [9.17, 15) is 4.79 Å². The first-order chi connectivity index (χ1) is 10.0. The van der Waals surface area contributed by atoms with Gasteiger partial charge >= 0.3 is 0 Å². The molecule has 1 saturated heterocycles. The maximum Gasteiger partial charge on any atom is 0.257 e. The predicted molar refractivity (Wildman–Crippen MR) is 86.9 cm³/mol. The smallest absolute Gasteiger partial charge is 0.257 e. The van der Waals surface area contributed by atoms with E-state index in [1.54, 1.807) is 0 Å². The Hall–Kier alpha value is -0.970. The monoisotopic (exact) mass is 307 g/mol. The Morgan fingerprint density at radius 3 is 2.57 bits per heavy atom. The minimum absolute atomic E-state index is 0.184. The minimum Gasteiger partial charge on any atom is -0.336 e. The number of hydrogen-bond acceptors (Lipinski definition) is 3. The first-order valence-electron chi connectivity index (χ1n) is 7.96. The normalized spacial score (nSPS) is 21.8. The van der Waals surface area contributed by atoms with Gasteiger partial charge in [-0.15, -0.1) is 0 Å². The third-order valence-electron chi connectivity index (χ3n) is 5.02. The summed E-state index contributed by atoms with van der Waals surface area (Å²) >= 11 is 2.10. The molecule has 0 bridgehead atoms. The minimum atomic E-state index is 0.184. The zero-order valence-electron chi connectivity index (χ0n) is 13.3. The van der Waals surface area contributed by atoms with Crippen molar-refractivity contribution in [2.45, 2.75) is 50.7 Å². The first kappa shape index (κ1) is 14.9. The van der Waals surface area contributed by atoms with Crippen molar-refractivity contribution in [3.8, 4) is 0 Å². The molecule has 2 heterocycles. The van der Waals surface area contributed by atoms with E-state index < -0.39 is 0 Å². The fraction of sp³-hybridized carbons (Fsp3) is 0.750. The average Bonchev–Trinajstić information content (AvgIpc) is 2.72. The molecule has 1 spiro atoms. The highest BCUT2D eigenvalue weighted by Crippen LogP contribution is 2.43. The maximum atomic E-state index is 12.9. The van der Waals surface area contributed by atoms with Gasteiger partial charge in [0.1, 0.15) is 0 Å². The van der Waals surface area contributed by atoms with Crippen molar-refractivity contribution in [2.24, 2.45) is 7.05 Å². The summed E-state index contributed by atoms with van der Waals surface area (Å²) in [5.74, 6) is 1.26. The lowest BCUT2D eigenvalue weighted by molar-refractivity contribution is 0.0728. The highest BCUT2D eigenvalue weighted by molar-refractivity contribution is 8.00. The molecule has 1 aromatic rings. The molecule has 116 valence electrons.